The van der Waals surface area contributed by atoms with Crippen LogP contribution in [0.4, 0.5) is 14.5 Å². The third-order valence-electron chi connectivity index (χ3n) is 1.77. The number of nitro benzene ring substituents is 1. The number of benzene rings is 1. The summed E-state index contributed by atoms with van der Waals surface area (Å²) in [4.78, 5) is 9.41. The molecule has 0 radical (unpaired) electrons. The van der Waals surface area contributed by atoms with Gasteiger partial charge in [-0.3, -0.25) is 15.5 Å². The number of hydrogen-bond acceptors (Lipinski definition) is 4. The summed E-state index contributed by atoms with van der Waals surface area (Å²) in [6.07, 6.45) is 0. The molecule has 0 fully saturated rings. The molecule has 1 aromatic rings. The van der Waals surface area contributed by atoms with Crippen LogP contribution >= 0.6 is 0 Å². The van der Waals surface area contributed by atoms with E-state index in [4.69, 9.17) is 5.41 Å². The summed E-state index contributed by atoms with van der Waals surface area (Å²) in [6.45, 7) is 1.69. The molecule has 0 unspecified atom stereocenters. The summed E-state index contributed by atoms with van der Waals surface area (Å²) < 4.78 is 30.8. The Hall–Kier alpha value is -2.05. The van der Waals surface area contributed by atoms with Crippen LogP contribution in [0.2, 0.25) is 0 Å². The van der Waals surface area contributed by atoms with Crippen LogP contribution in [0, 0.1) is 27.2 Å². The van der Waals surface area contributed by atoms with E-state index >= 15 is 0 Å². The first-order valence-corrected chi connectivity index (χ1v) is 4.32. The SMILES string of the molecule is CCOC(=N)c1cc([N+](=O)[O-])c(F)cc1F. The molecule has 0 bridgehead atoms. The zero-order chi connectivity index (χ0) is 12.3. The Balaban J connectivity index is 3.24. The van der Waals surface area contributed by atoms with Gasteiger partial charge in [0.2, 0.25) is 11.7 Å². The minimum absolute atomic E-state index is 0.115. The van der Waals surface area contributed by atoms with Crippen molar-refractivity contribution in [3.8, 4) is 0 Å². The van der Waals surface area contributed by atoms with E-state index in [1.165, 1.54) is 0 Å². The van der Waals surface area contributed by atoms with Crippen LogP contribution in [0.1, 0.15) is 12.5 Å². The van der Waals surface area contributed by atoms with Crippen LogP contribution < -0.4 is 0 Å². The predicted molar refractivity (Wildman–Crippen MR) is 51.5 cm³/mol. The first-order chi connectivity index (χ1) is 7.47. The highest BCUT2D eigenvalue weighted by atomic mass is 19.1. The first kappa shape index (κ1) is 12.0. The molecule has 0 atom stereocenters. The number of rotatable bonds is 3. The topological polar surface area (TPSA) is 76.2 Å². The molecule has 0 heterocycles. The molecular weight excluding hydrogens is 222 g/mol. The van der Waals surface area contributed by atoms with Gasteiger partial charge in [-0.1, -0.05) is 0 Å². The zero-order valence-corrected chi connectivity index (χ0v) is 8.29. The molecule has 0 spiro atoms. The fraction of sp³-hybridized carbons (Fsp3) is 0.222. The second-order valence-corrected chi connectivity index (χ2v) is 2.80. The van der Waals surface area contributed by atoms with Gasteiger partial charge in [0.15, 0.2) is 0 Å². The second kappa shape index (κ2) is 4.65. The van der Waals surface area contributed by atoms with Crippen LogP contribution in [-0.4, -0.2) is 17.4 Å². The van der Waals surface area contributed by atoms with Gasteiger partial charge in [0.05, 0.1) is 17.1 Å². The molecule has 1 aromatic carbocycles. The number of ether oxygens (including phenoxy) is 1. The van der Waals surface area contributed by atoms with Crippen LogP contribution in [-0.2, 0) is 4.74 Å². The smallest absolute Gasteiger partial charge is 0.305 e. The normalized spacial score (nSPS) is 9.94. The van der Waals surface area contributed by atoms with Gasteiger partial charge in [-0.25, -0.2) is 4.39 Å². The predicted octanol–water partition coefficient (Wildman–Crippen LogP) is 2.23. The number of halogens is 2. The maximum Gasteiger partial charge on any atom is 0.305 e. The third-order valence-corrected chi connectivity index (χ3v) is 1.77. The molecule has 0 aliphatic rings. The van der Waals surface area contributed by atoms with Crippen molar-refractivity contribution in [2.75, 3.05) is 6.61 Å². The van der Waals surface area contributed by atoms with E-state index in [9.17, 15) is 18.9 Å². The summed E-state index contributed by atoms with van der Waals surface area (Å²) in [5.74, 6) is -2.92. The quantitative estimate of drug-likeness (QED) is 0.374. The largest absolute Gasteiger partial charge is 0.478 e. The van der Waals surface area contributed by atoms with Crippen LogP contribution in [0.3, 0.4) is 0 Å². The van der Waals surface area contributed by atoms with Crippen LogP contribution in [0.25, 0.3) is 0 Å². The highest BCUT2D eigenvalue weighted by molar-refractivity contribution is 5.92. The Morgan fingerprint density at radius 1 is 1.50 bits per heavy atom. The minimum Gasteiger partial charge on any atom is -0.478 e. The van der Waals surface area contributed by atoms with Crippen molar-refractivity contribution in [2.45, 2.75) is 6.92 Å². The molecule has 0 amide bonds. The highest BCUT2D eigenvalue weighted by Gasteiger charge is 2.21. The first-order valence-electron chi connectivity index (χ1n) is 4.32. The Labute approximate surface area is 89.3 Å². The average Bonchev–Trinajstić information content (AvgIpc) is 2.17. The van der Waals surface area contributed by atoms with Crippen molar-refractivity contribution in [1.82, 2.24) is 0 Å². The van der Waals surface area contributed by atoms with Crippen LogP contribution in [0.5, 0.6) is 0 Å². The summed E-state index contributed by atoms with van der Waals surface area (Å²) >= 11 is 0. The Morgan fingerprint density at radius 3 is 2.62 bits per heavy atom. The Morgan fingerprint density at radius 2 is 2.12 bits per heavy atom. The van der Waals surface area contributed by atoms with Gasteiger partial charge in [0, 0.05) is 12.1 Å². The molecule has 5 nitrogen and oxygen atoms in total. The number of nitrogens with one attached hydrogen (secondary N) is 1. The fourth-order valence-corrected chi connectivity index (χ4v) is 1.07. The standard InChI is InChI=1S/C9H8F2N2O3/c1-2-16-9(12)5-3-8(13(14)15)7(11)4-6(5)10/h3-4,12H,2H2,1H3. The molecule has 1 N–H and O–H groups in total. The molecule has 1 rings (SSSR count). The molecule has 0 aliphatic heterocycles. The Kier molecular flexibility index (Phi) is 3.49. The number of nitro groups is 1. The number of nitrogens with zero attached hydrogens (tertiary/aromatic N) is 1. The third kappa shape index (κ3) is 2.30. The highest BCUT2D eigenvalue weighted by Crippen LogP contribution is 2.21. The van der Waals surface area contributed by atoms with E-state index in [-0.39, 0.29) is 6.61 Å². The van der Waals surface area contributed by atoms with Gasteiger partial charge >= 0.3 is 5.69 Å². The molecule has 86 valence electrons. The van der Waals surface area contributed by atoms with E-state index < -0.39 is 33.7 Å². The van der Waals surface area contributed by atoms with Gasteiger partial charge < -0.3 is 4.74 Å². The van der Waals surface area contributed by atoms with Crippen LogP contribution in [0.15, 0.2) is 12.1 Å². The lowest BCUT2D eigenvalue weighted by Gasteiger charge is -2.06. The van der Waals surface area contributed by atoms with E-state index in [2.05, 4.69) is 4.74 Å². The summed E-state index contributed by atoms with van der Waals surface area (Å²) in [6, 6.07) is 1.00. The van der Waals surface area contributed by atoms with Gasteiger partial charge in [0.25, 0.3) is 0 Å². The van der Waals surface area contributed by atoms with Crippen molar-refractivity contribution >= 4 is 11.6 Å². The second-order valence-electron chi connectivity index (χ2n) is 2.80. The lowest BCUT2D eigenvalue weighted by Crippen LogP contribution is -2.09. The fourth-order valence-electron chi connectivity index (χ4n) is 1.07. The zero-order valence-electron chi connectivity index (χ0n) is 8.29. The summed E-state index contributed by atoms with van der Waals surface area (Å²) in [7, 11) is 0. The average molecular weight is 230 g/mol. The van der Waals surface area contributed by atoms with Gasteiger partial charge in [0.1, 0.15) is 5.82 Å². The summed E-state index contributed by atoms with van der Waals surface area (Å²) in [5, 5.41) is 17.7. The molecule has 0 saturated carbocycles. The molecule has 0 aliphatic carbocycles. The van der Waals surface area contributed by atoms with E-state index in [0.717, 1.165) is 0 Å². The molecule has 16 heavy (non-hydrogen) atoms. The molecule has 0 aromatic heterocycles. The maximum absolute atomic E-state index is 13.2. The Bertz CT molecular complexity index is 449. The lowest BCUT2D eigenvalue weighted by molar-refractivity contribution is -0.387. The van der Waals surface area contributed by atoms with Gasteiger partial charge in [-0.15, -0.1) is 0 Å². The molecular formula is C9H8F2N2O3. The lowest BCUT2D eigenvalue weighted by atomic mass is 10.2. The van der Waals surface area contributed by atoms with E-state index in [1.54, 1.807) is 6.92 Å². The van der Waals surface area contributed by atoms with E-state index in [0.29, 0.717) is 12.1 Å². The minimum atomic E-state index is -1.28. The number of hydrogen-bond donors (Lipinski definition) is 1. The van der Waals surface area contributed by atoms with E-state index in [1.807, 2.05) is 0 Å². The van der Waals surface area contributed by atoms with Crippen molar-refractivity contribution in [2.24, 2.45) is 0 Å². The van der Waals surface area contributed by atoms with Gasteiger partial charge in [-0.2, -0.15) is 4.39 Å². The molecule has 7 heteroatoms. The van der Waals surface area contributed by atoms with Crippen molar-refractivity contribution < 1.29 is 18.4 Å². The monoisotopic (exact) mass is 230 g/mol. The van der Waals surface area contributed by atoms with Crippen molar-refractivity contribution in [3.05, 3.63) is 39.4 Å². The van der Waals surface area contributed by atoms with Crippen molar-refractivity contribution in [3.63, 3.8) is 0 Å². The van der Waals surface area contributed by atoms with Gasteiger partial charge in [-0.05, 0) is 6.92 Å². The summed E-state index contributed by atoms with van der Waals surface area (Å²) in [5.41, 5.74) is -1.32. The van der Waals surface area contributed by atoms with Crippen molar-refractivity contribution in [1.29, 1.82) is 5.41 Å². The molecule has 0 saturated heterocycles. The maximum atomic E-state index is 13.2.